The Labute approximate surface area is 237 Å². The molecule has 1 amide bonds. The van der Waals surface area contributed by atoms with Crippen LogP contribution in [0.3, 0.4) is 0 Å². The van der Waals surface area contributed by atoms with Crippen molar-refractivity contribution in [2.24, 2.45) is 5.92 Å². The maximum atomic E-state index is 14.1. The van der Waals surface area contributed by atoms with Crippen LogP contribution in [0.15, 0.2) is 90.1 Å². The Kier molecular flexibility index (Phi) is 8.74. The largest absolute Gasteiger partial charge is 0.416 e. The Bertz CT molecular complexity index is 1550. The first kappa shape index (κ1) is 29.3. The first-order chi connectivity index (χ1) is 19.6. The highest BCUT2D eigenvalue weighted by molar-refractivity contribution is 6.12. The summed E-state index contributed by atoms with van der Waals surface area (Å²) in [5.74, 6) is -3.14. The van der Waals surface area contributed by atoms with Gasteiger partial charge < -0.3 is 0 Å². The maximum Gasteiger partial charge on any atom is 0.416 e. The van der Waals surface area contributed by atoms with Crippen molar-refractivity contribution in [3.8, 4) is 12.1 Å². The predicted molar refractivity (Wildman–Crippen MR) is 148 cm³/mol. The van der Waals surface area contributed by atoms with Gasteiger partial charge in [0.1, 0.15) is 11.7 Å². The first-order valence-corrected chi connectivity index (χ1v) is 13.3. The summed E-state index contributed by atoms with van der Waals surface area (Å²) in [5.41, 5.74) is 1.28. The number of nitrogens with zero attached hydrogens (tertiary/aromatic N) is 3. The van der Waals surface area contributed by atoms with Crippen molar-refractivity contribution in [2.45, 2.75) is 51.1 Å². The van der Waals surface area contributed by atoms with Gasteiger partial charge in [-0.1, -0.05) is 55.5 Å². The number of amides is 1. The number of rotatable bonds is 8. The van der Waals surface area contributed by atoms with E-state index in [0.29, 0.717) is 24.0 Å². The van der Waals surface area contributed by atoms with Gasteiger partial charge in [0.2, 0.25) is 5.91 Å². The third kappa shape index (κ3) is 6.23. The lowest BCUT2D eigenvalue weighted by Crippen LogP contribution is -2.46. The van der Waals surface area contributed by atoms with Crippen LogP contribution in [0.4, 0.5) is 18.9 Å². The lowest BCUT2D eigenvalue weighted by atomic mass is 9.73. The van der Waals surface area contributed by atoms with E-state index >= 15 is 0 Å². The molecule has 0 spiro atoms. The topological polar surface area (TPSA) is 85.0 Å². The Hall–Kier alpha value is -4.69. The molecule has 0 radical (unpaired) electrons. The Morgan fingerprint density at radius 2 is 1.66 bits per heavy atom. The van der Waals surface area contributed by atoms with Crippen molar-refractivity contribution in [1.82, 2.24) is 0 Å². The van der Waals surface area contributed by atoms with E-state index in [4.69, 9.17) is 0 Å². The number of ketones is 1. The second-order valence-corrected chi connectivity index (χ2v) is 10.2. The Morgan fingerprint density at radius 1 is 0.976 bits per heavy atom. The molecule has 0 saturated carbocycles. The van der Waals surface area contributed by atoms with Crippen LogP contribution in [0.25, 0.3) is 0 Å². The highest BCUT2D eigenvalue weighted by atomic mass is 19.4. The molecule has 41 heavy (non-hydrogen) atoms. The van der Waals surface area contributed by atoms with Crippen molar-refractivity contribution in [3.63, 3.8) is 0 Å². The predicted octanol–water partition coefficient (Wildman–Crippen LogP) is 7.66. The van der Waals surface area contributed by atoms with Crippen LogP contribution in [-0.4, -0.2) is 11.7 Å². The number of hydrogen-bond donors (Lipinski definition) is 0. The summed E-state index contributed by atoms with van der Waals surface area (Å²) >= 11 is 0. The fraction of sp³-hybridized carbons (Fsp3) is 0.273. The third-order valence-electron chi connectivity index (χ3n) is 7.58. The minimum Gasteiger partial charge on any atom is -0.299 e. The van der Waals surface area contributed by atoms with E-state index < -0.39 is 29.5 Å². The highest BCUT2D eigenvalue weighted by Crippen LogP contribution is 2.44. The van der Waals surface area contributed by atoms with Crippen molar-refractivity contribution < 1.29 is 22.8 Å². The molecule has 2 unspecified atom stereocenters. The number of Topliss-reactive ketones (excluding diaryl/α,β-unsaturated/α-hetero) is 1. The lowest BCUT2D eigenvalue weighted by Gasteiger charge is -2.38. The van der Waals surface area contributed by atoms with Gasteiger partial charge in [-0.25, -0.2) is 0 Å². The van der Waals surface area contributed by atoms with Gasteiger partial charge >= 0.3 is 6.18 Å². The molecule has 1 heterocycles. The van der Waals surface area contributed by atoms with Gasteiger partial charge in [0.15, 0.2) is 0 Å². The van der Waals surface area contributed by atoms with Gasteiger partial charge in [0.05, 0.1) is 28.8 Å². The van der Waals surface area contributed by atoms with Crippen LogP contribution in [0, 0.1) is 28.6 Å². The molecular formula is C33H28F3N3O2. The summed E-state index contributed by atoms with van der Waals surface area (Å²) in [6.07, 6.45) is -3.39. The zero-order chi connectivity index (χ0) is 29.7. The van der Waals surface area contributed by atoms with Crippen LogP contribution >= 0.6 is 0 Å². The summed E-state index contributed by atoms with van der Waals surface area (Å²) in [6, 6.07) is 24.6. The first-order valence-electron chi connectivity index (χ1n) is 13.3. The number of carbonyl (C=O) groups excluding carboxylic acids is 2. The fourth-order valence-electron chi connectivity index (χ4n) is 5.39. The molecule has 0 fully saturated rings. The van der Waals surface area contributed by atoms with Crippen molar-refractivity contribution in [1.29, 1.82) is 10.5 Å². The molecule has 208 valence electrons. The number of hydrogen-bond acceptors (Lipinski definition) is 4. The minimum absolute atomic E-state index is 0.0640. The van der Waals surface area contributed by atoms with E-state index in [0.717, 1.165) is 22.6 Å². The maximum absolute atomic E-state index is 14.1. The normalized spacial score (nSPS) is 18.0. The summed E-state index contributed by atoms with van der Waals surface area (Å²) in [5, 5.41) is 19.4. The molecule has 0 bridgehead atoms. The molecule has 5 nitrogen and oxygen atoms in total. The molecule has 0 saturated heterocycles. The van der Waals surface area contributed by atoms with Crippen LogP contribution in [0.2, 0.25) is 0 Å². The van der Waals surface area contributed by atoms with E-state index in [2.05, 4.69) is 13.0 Å². The van der Waals surface area contributed by atoms with Gasteiger partial charge in [0, 0.05) is 23.7 Å². The molecule has 4 rings (SSSR count). The molecular weight excluding hydrogens is 527 g/mol. The molecule has 3 aromatic carbocycles. The van der Waals surface area contributed by atoms with Crippen molar-refractivity contribution in [2.75, 3.05) is 4.90 Å². The highest BCUT2D eigenvalue weighted by Gasteiger charge is 2.46. The number of alkyl halides is 3. The van der Waals surface area contributed by atoms with E-state index in [1.807, 2.05) is 36.4 Å². The SMILES string of the molecule is CC1=C(C#N)C(c2ccc(C#N)cc2)C(C(=O)CCC[C@@H](C)c2ccccc2)C(=O)N1c1cccc(C(F)(F)F)c1. The fourth-order valence-corrected chi connectivity index (χ4v) is 5.39. The van der Waals surface area contributed by atoms with Crippen molar-refractivity contribution in [3.05, 3.63) is 112 Å². The lowest BCUT2D eigenvalue weighted by molar-refractivity contribution is -0.138. The molecule has 3 aromatic rings. The number of benzene rings is 3. The van der Waals surface area contributed by atoms with Gasteiger partial charge in [-0.05, 0) is 67.1 Å². The summed E-state index contributed by atoms with van der Waals surface area (Å²) in [4.78, 5) is 28.9. The van der Waals surface area contributed by atoms with E-state index in [1.54, 1.807) is 24.3 Å². The zero-order valence-electron chi connectivity index (χ0n) is 22.7. The molecule has 0 N–H and O–H groups in total. The quantitative estimate of drug-likeness (QED) is 0.267. The van der Waals surface area contributed by atoms with Gasteiger partial charge in [-0.2, -0.15) is 23.7 Å². The number of halogens is 3. The van der Waals surface area contributed by atoms with Gasteiger partial charge in [-0.15, -0.1) is 0 Å². The Balaban J connectivity index is 1.73. The second-order valence-electron chi connectivity index (χ2n) is 10.2. The smallest absolute Gasteiger partial charge is 0.299 e. The zero-order valence-corrected chi connectivity index (χ0v) is 22.7. The molecule has 1 aliphatic rings. The summed E-state index contributed by atoms with van der Waals surface area (Å²) in [7, 11) is 0. The van der Waals surface area contributed by atoms with Gasteiger partial charge in [0.25, 0.3) is 0 Å². The van der Waals surface area contributed by atoms with Gasteiger partial charge in [-0.3, -0.25) is 14.5 Å². The molecule has 3 atom stereocenters. The van der Waals surface area contributed by atoms with Crippen molar-refractivity contribution >= 4 is 17.4 Å². The Morgan fingerprint density at radius 3 is 2.27 bits per heavy atom. The number of allylic oxidation sites excluding steroid dienone is 2. The molecule has 8 heteroatoms. The monoisotopic (exact) mass is 555 g/mol. The standard InChI is InChI=1S/C33H28F3N3O2/c1-21(24-9-4-3-5-10-24)8-6-13-29(40)31-30(25-16-14-23(19-37)15-17-25)28(20-38)22(2)39(32(31)41)27-12-7-11-26(18-27)33(34,35)36/h3-5,7,9-12,14-18,21,30-31H,6,8,13H2,1-2H3/t21-,30?,31?/m1/s1. The molecule has 0 aliphatic carbocycles. The summed E-state index contributed by atoms with van der Waals surface area (Å²) in [6.45, 7) is 3.55. The van der Waals surface area contributed by atoms with E-state index in [9.17, 15) is 33.3 Å². The number of nitriles is 2. The van der Waals surface area contributed by atoms with Crippen LogP contribution in [0.5, 0.6) is 0 Å². The number of anilines is 1. The second kappa shape index (κ2) is 12.2. The average Bonchev–Trinajstić information content (AvgIpc) is 2.97. The van der Waals surface area contributed by atoms with Crippen LogP contribution in [-0.2, 0) is 15.8 Å². The third-order valence-corrected chi connectivity index (χ3v) is 7.58. The van der Waals surface area contributed by atoms with Crippen LogP contribution in [0.1, 0.15) is 67.2 Å². The molecule has 1 aliphatic heterocycles. The van der Waals surface area contributed by atoms with E-state index in [-0.39, 0.29) is 35.1 Å². The minimum atomic E-state index is -4.64. The summed E-state index contributed by atoms with van der Waals surface area (Å²) < 4.78 is 40.5. The number of carbonyl (C=O) groups is 2. The van der Waals surface area contributed by atoms with E-state index in [1.165, 1.54) is 19.1 Å². The average molecular weight is 556 g/mol. The van der Waals surface area contributed by atoms with Crippen LogP contribution < -0.4 is 4.90 Å². The molecule has 0 aromatic heterocycles.